The van der Waals surface area contributed by atoms with E-state index in [2.05, 4.69) is 12.2 Å². The summed E-state index contributed by atoms with van der Waals surface area (Å²) < 4.78 is 6.26. The van der Waals surface area contributed by atoms with Gasteiger partial charge in [0.1, 0.15) is 0 Å². The average molecular weight is 225 g/mol. The molecule has 2 heteroatoms. The lowest BCUT2D eigenvalue weighted by atomic mass is 9.84. The first-order valence-electron chi connectivity index (χ1n) is 7.19. The van der Waals surface area contributed by atoms with Crippen molar-refractivity contribution in [2.75, 3.05) is 19.7 Å². The van der Waals surface area contributed by atoms with Gasteiger partial charge in [0, 0.05) is 13.2 Å². The Balaban J connectivity index is 1.74. The van der Waals surface area contributed by atoms with Crippen LogP contribution < -0.4 is 5.32 Å². The first-order chi connectivity index (χ1) is 7.85. The van der Waals surface area contributed by atoms with Crippen LogP contribution in [0, 0.1) is 5.92 Å². The smallest absolute Gasteiger partial charge is 0.0806 e. The minimum absolute atomic E-state index is 0.184. The maximum Gasteiger partial charge on any atom is 0.0806 e. The Kier molecular flexibility index (Phi) is 4.66. The molecule has 0 aromatic rings. The molecule has 0 aromatic carbocycles. The summed E-state index contributed by atoms with van der Waals surface area (Å²) in [6.07, 6.45) is 10.8. The molecule has 2 aliphatic rings. The van der Waals surface area contributed by atoms with E-state index in [1.54, 1.807) is 0 Å². The predicted octanol–water partition coefficient (Wildman–Crippen LogP) is 3.12. The van der Waals surface area contributed by atoms with Gasteiger partial charge in [-0.05, 0) is 31.7 Å². The molecule has 0 aromatic heterocycles. The number of rotatable bonds is 7. The number of nitrogens with one attached hydrogen (secondary N) is 1. The molecule has 2 aliphatic carbocycles. The summed E-state index contributed by atoms with van der Waals surface area (Å²) in [5.74, 6) is 1.000. The fourth-order valence-corrected chi connectivity index (χ4v) is 2.77. The number of hydrogen-bond donors (Lipinski definition) is 1. The van der Waals surface area contributed by atoms with Crippen LogP contribution in [0.1, 0.15) is 58.3 Å². The van der Waals surface area contributed by atoms with Crippen molar-refractivity contribution in [3.63, 3.8) is 0 Å². The Bertz CT molecular complexity index is 195. The van der Waals surface area contributed by atoms with Crippen molar-refractivity contribution in [3.05, 3.63) is 0 Å². The van der Waals surface area contributed by atoms with Crippen molar-refractivity contribution < 1.29 is 4.74 Å². The van der Waals surface area contributed by atoms with Crippen molar-refractivity contribution in [2.45, 2.75) is 63.9 Å². The van der Waals surface area contributed by atoms with E-state index in [-0.39, 0.29) is 5.60 Å². The fourth-order valence-electron chi connectivity index (χ4n) is 2.77. The minimum atomic E-state index is 0.184. The van der Waals surface area contributed by atoms with E-state index in [0.717, 1.165) is 25.6 Å². The Morgan fingerprint density at radius 3 is 2.56 bits per heavy atom. The molecule has 2 nitrogen and oxygen atoms in total. The van der Waals surface area contributed by atoms with E-state index < -0.39 is 0 Å². The van der Waals surface area contributed by atoms with Crippen LogP contribution in [0.15, 0.2) is 0 Å². The van der Waals surface area contributed by atoms with E-state index in [4.69, 9.17) is 4.74 Å². The number of ether oxygens (including phenoxy) is 1. The molecule has 2 fully saturated rings. The quantitative estimate of drug-likeness (QED) is 0.719. The Labute approximate surface area is 100 Å². The molecular weight excluding hydrogens is 198 g/mol. The van der Waals surface area contributed by atoms with Crippen LogP contribution in [-0.2, 0) is 4.74 Å². The molecule has 0 atom stereocenters. The van der Waals surface area contributed by atoms with Crippen LogP contribution in [0.5, 0.6) is 0 Å². The summed E-state index contributed by atoms with van der Waals surface area (Å²) in [5, 5.41) is 3.49. The van der Waals surface area contributed by atoms with Crippen LogP contribution in [0.3, 0.4) is 0 Å². The molecule has 16 heavy (non-hydrogen) atoms. The topological polar surface area (TPSA) is 21.3 Å². The highest BCUT2D eigenvalue weighted by molar-refractivity contribution is 4.87. The van der Waals surface area contributed by atoms with Crippen molar-refractivity contribution in [1.82, 2.24) is 5.32 Å². The van der Waals surface area contributed by atoms with Crippen LogP contribution in [0.2, 0.25) is 0 Å². The van der Waals surface area contributed by atoms with E-state index in [0.29, 0.717) is 0 Å². The highest BCUT2D eigenvalue weighted by Gasteiger charge is 2.33. The van der Waals surface area contributed by atoms with Gasteiger partial charge < -0.3 is 10.1 Å². The van der Waals surface area contributed by atoms with Crippen LogP contribution in [-0.4, -0.2) is 25.3 Å². The molecule has 2 rings (SSSR count). The van der Waals surface area contributed by atoms with Gasteiger partial charge in [0.05, 0.1) is 5.60 Å². The van der Waals surface area contributed by atoms with E-state index >= 15 is 0 Å². The lowest BCUT2D eigenvalue weighted by Gasteiger charge is -2.37. The van der Waals surface area contributed by atoms with Gasteiger partial charge in [-0.1, -0.05) is 39.0 Å². The van der Waals surface area contributed by atoms with Crippen LogP contribution >= 0.6 is 0 Å². The molecule has 0 amide bonds. The fraction of sp³-hybridized carbons (Fsp3) is 1.00. The molecule has 0 saturated heterocycles. The molecule has 0 spiro atoms. The lowest BCUT2D eigenvalue weighted by Crippen LogP contribution is -2.45. The third kappa shape index (κ3) is 3.74. The van der Waals surface area contributed by atoms with Gasteiger partial charge in [-0.3, -0.25) is 0 Å². The van der Waals surface area contributed by atoms with Gasteiger partial charge in [0.25, 0.3) is 0 Å². The molecule has 1 N–H and O–H groups in total. The highest BCUT2D eigenvalue weighted by atomic mass is 16.5. The van der Waals surface area contributed by atoms with Crippen molar-refractivity contribution in [2.24, 2.45) is 5.92 Å². The zero-order valence-electron chi connectivity index (χ0n) is 10.8. The maximum atomic E-state index is 6.26. The van der Waals surface area contributed by atoms with Crippen molar-refractivity contribution in [3.8, 4) is 0 Å². The summed E-state index contributed by atoms with van der Waals surface area (Å²) in [6.45, 7) is 5.30. The normalized spacial score (nSPS) is 24.6. The molecule has 0 heterocycles. The molecule has 94 valence electrons. The average Bonchev–Trinajstić information content (AvgIpc) is 3.12. The van der Waals surface area contributed by atoms with Crippen LogP contribution in [0.4, 0.5) is 0 Å². The highest BCUT2D eigenvalue weighted by Crippen LogP contribution is 2.35. The summed E-state index contributed by atoms with van der Waals surface area (Å²) >= 11 is 0. The first-order valence-corrected chi connectivity index (χ1v) is 7.19. The minimum Gasteiger partial charge on any atom is -0.374 e. The second-order valence-electron chi connectivity index (χ2n) is 5.60. The SMILES string of the molecule is CCNCC1(OCCC2CC2)CCCCC1. The van der Waals surface area contributed by atoms with Crippen molar-refractivity contribution >= 4 is 0 Å². The molecular formula is C14H27NO. The van der Waals surface area contributed by atoms with E-state index in [1.807, 2.05) is 0 Å². The van der Waals surface area contributed by atoms with Gasteiger partial charge in [-0.25, -0.2) is 0 Å². The third-order valence-corrected chi connectivity index (χ3v) is 4.09. The monoisotopic (exact) mass is 225 g/mol. The van der Waals surface area contributed by atoms with Gasteiger partial charge in [-0.2, -0.15) is 0 Å². The molecule has 0 unspecified atom stereocenters. The maximum absolute atomic E-state index is 6.26. The number of hydrogen-bond acceptors (Lipinski definition) is 2. The number of likely N-dealkylation sites (N-methyl/N-ethyl adjacent to an activating group) is 1. The standard InChI is InChI=1S/C14H27NO/c1-2-15-12-14(9-4-3-5-10-14)16-11-8-13-6-7-13/h13,15H,2-12H2,1H3. The Hall–Kier alpha value is -0.0800. The Morgan fingerprint density at radius 2 is 1.94 bits per heavy atom. The van der Waals surface area contributed by atoms with E-state index in [9.17, 15) is 0 Å². The van der Waals surface area contributed by atoms with Crippen molar-refractivity contribution in [1.29, 1.82) is 0 Å². The predicted molar refractivity (Wildman–Crippen MR) is 67.7 cm³/mol. The first kappa shape index (κ1) is 12.4. The summed E-state index contributed by atoms with van der Waals surface area (Å²) in [7, 11) is 0. The Morgan fingerprint density at radius 1 is 1.19 bits per heavy atom. The second-order valence-corrected chi connectivity index (χ2v) is 5.60. The summed E-state index contributed by atoms with van der Waals surface area (Å²) in [6, 6.07) is 0. The zero-order chi connectivity index (χ0) is 11.3. The second kappa shape index (κ2) is 6.02. The van der Waals surface area contributed by atoms with Gasteiger partial charge in [-0.15, -0.1) is 0 Å². The van der Waals surface area contributed by atoms with Crippen LogP contribution in [0.25, 0.3) is 0 Å². The lowest BCUT2D eigenvalue weighted by molar-refractivity contribution is -0.0700. The third-order valence-electron chi connectivity index (χ3n) is 4.09. The molecule has 0 bridgehead atoms. The van der Waals surface area contributed by atoms with Gasteiger partial charge in [0.15, 0.2) is 0 Å². The molecule has 0 radical (unpaired) electrons. The summed E-state index contributed by atoms with van der Waals surface area (Å²) in [5.41, 5.74) is 0.184. The zero-order valence-corrected chi connectivity index (χ0v) is 10.8. The van der Waals surface area contributed by atoms with E-state index in [1.165, 1.54) is 51.4 Å². The summed E-state index contributed by atoms with van der Waals surface area (Å²) in [4.78, 5) is 0. The van der Waals surface area contributed by atoms with Gasteiger partial charge >= 0.3 is 0 Å². The molecule has 0 aliphatic heterocycles. The van der Waals surface area contributed by atoms with Gasteiger partial charge in [0.2, 0.25) is 0 Å². The largest absolute Gasteiger partial charge is 0.374 e. The molecule has 2 saturated carbocycles.